The minimum atomic E-state index is -0.891. The first-order valence-corrected chi connectivity index (χ1v) is 7.39. The minimum Gasteiger partial charge on any atom is -0.481 e. The Balaban J connectivity index is 1.94. The number of hydrogen-bond donors (Lipinski definition) is 2. The highest BCUT2D eigenvalue weighted by atomic mass is 16.5. The van der Waals surface area contributed by atoms with Gasteiger partial charge in [-0.1, -0.05) is 13.8 Å². The van der Waals surface area contributed by atoms with Gasteiger partial charge in [0.1, 0.15) is 5.92 Å². The Kier molecular flexibility index (Phi) is 4.86. The summed E-state index contributed by atoms with van der Waals surface area (Å²) in [6.07, 6.45) is 1.97. The summed E-state index contributed by atoms with van der Waals surface area (Å²) in [5.74, 6) is -0.238. The molecule has 20 heavy (non-hydrogen) atoms. The predicted molar refractivity (Wildman–Crippen MR) is 73.4 cm³/mol. The highest BCUT2D eigenvalue weighted by Crippen LogP contribution is 2.36. The van der Waals surface area contributed by atoms with Gasteiger partial charge in [0.25, 0.3) is 0 Å². The second-order valence-electron chi connectivity index (χ2n) is 5.90. The molecule has 1 aliphatic heterocycles. The molecule has 1 heterocycles. The van der Waals surface area contributed by atoms with Gasteiger partial charge in [0.05, 0.1) is 19.3 Å². The number of carboxylic acid groups (broad SMARTS) is 1. The van der Waals surface area contributed by atoms with Gasteiger partial charge in [-0.3, -0.25) is 4.79 Å². The van der Waals surface area contributed by atoms with Gasteiger partial charge in [0.2, 0.25) is 0 Å². The number of aliphatic carboxylic acids is 1. The highest BCUT2D eigenvalue weighted by molar-refractivity contribution is 5.77. The summed E-state index contributed by atoms with van der Waals surface area (Å²) in [6.45, 7) is 5.90. The van der Waals surface area contributed by atoms with Gasteiger partial charge in [0.15, 0.2) is 0 Å². The lowest BCUT2D eigenvalue weighted by Crippen LogP contribution is -2.51. The van der Waals surface area contributed by atoms with Crippen molar-refractivity contribution in [3.8, 4) is 0 Å². The van der Waals surface area contributed by atoms with E-state index in [4.69, 9.17) is 4.74 Å². The molecule has 2 amide bonds. The molecule has 6 nitrogen and oxygen atoms in total. The Hall–Kier alpha value is -1.30. The fourth-order valence-electron chi connectivity index (χ4n) is 2.75. The standard InChI is InChI=1S/C14H24N2O4/c1-3-4-16(12-8-20-7-11(12)13(17)18)14(19)15-6-10-5-9(10)2/h9-12H,3-8H2,1-2H3,(H,15,19)(H,17,18). The van der Waals surface area contributed by atoms with Gasteiger partial charge < -0.3 is 20.1 Å². The zero-order valence-corrected chi connectivity index (χ0v) is 12.2. The van der Waals surface area contributed by atoms with Crippen LogP contribution in [0.3, 0.4) is 0 Å². The number of carbonyl (C=O) groups is 2. The first kappa shape index (κ1) is 15.1. The van der Waals surface area contributed by atoms with Crippen LogP contribution in [0, 0.1) is 17.8 Å². The molecule has 114 valence electrons. The van der Waals surface area contributed by atoms with Crippen LogP contribution in [0.2, 0.25) is 0 Å². The molecular weight excluding hydrogens is 260 g/mol. The second kappa shape index (κ2) is 6.43. The summed E-state index contributed by atoms with van der Waals surface area (Å²) in [5, 5.41) is 12.1. The number of hydrogen-bond acceptors (Lipinski definition) is 3. The number of amides is 2. The Morgan fingerprint density at radius 3 is 2.65 bits per heavy atom. The molecule has 2 rings (SSSR count). The summed E-state index contributed by atoms with van der Waals surface area (Å²) in [4.78, 5) is 25.2. The van der Waals surface area contributed by atoms with E-state index in [1.54, 1.807) is 4.90 Å². The normalized spacial score (nSPS) is 31.9. The van der Waals surface area contributed by atoms with Gasteiger partial charge >= 0.3 is 12.0 Å². The van der Waals surface area contributed by atoms with E-state index in [-0.39, 0.29) is 18.7 Å². The first-order valence-electron chi connectivity index (χ1n) is 7.39. The molecule has 4 unspecified atom stereocenters. The molecule has 2 fully saturated rings. The largest absolute Gasteiger partial charge is 0.481 e. The van der Waals surface area contributed by atoms with Crippen molar-refractivity contribution in [3.05, 3.63) is 0 Å². The van der Waals surface area contributed by atoms with E-state index in [9.17, 15) is 14.7 Å². The molecule has 6 heteroatoms. The van der Waals surface area contributed by atoms with Crippen molar-refractivity contribution in [2.45, 2.75) is 32.7 Å². The van der Waals surface area contributed by atoms with Crippen LogP contribution in [0.25, 0.3) is 0 Å². The number of rotatable bonds is 6. The van der Waals surface area contributed by atoms with Crippen LogP contribution in [0.5, 0.6) is 0 Å². The summed E-state index contributed by atoms with van der Waals surface area (Å²) in [5.41, 5.74) is 0. The minimum absolute atomic E-state index is 0.160. The lowest BCUT2D eigenvalue weighted by molar-refractivity contribution is -0.142. The van der Waals surface area contributed by atoms with E-state index in [0.29, 0.717) is 31.5 Å². The van der Waals surface area contributed by atoms with E-state index in [2.05, 4.69) is 12.2 Å². The van der Waals surface area contributed by atoms with Gasteiger partial charge in [-0.2, -0.15) is 0 Å². The topological polar surface area (TPSA) is 78.9 Å². The third-order valence-corrected chi connectivity index (χ3v) is 4.29. The average Bonchev–Trinajstić information content (AvgIpc) is 2.91. The van der Waals surface area contributed by atoms with Crippen molar-refractivity contribution in [3.63, 3.8) is 0 Å². The second-order valence-corrected chi connectivity index (χ2v) is 5.90. The molecule has 1 aliphatic carbocycles. The molecule has 0 aromatic carbocycles. The number of nitrogens with one attached hydrogen (secondary N) is 1. The number of nitrogens with zero attached hydrogens (tertiary/aromatic N) is 1. The Bertz CT molecular complexity index is 374. The van der Waals surface area contributed by atoms with E-state index >= 15 is 0 Å². The monoisotopic (exact) mass is 284 g/mol. The number of ether oxygens (including phenoxy) is 1. The number of carboxylic acids is 1. The van der Waals surface area contributed by atoms with E-state index < -0.39 is 11.9 Å². The molecule has 2 aliphatic rings. The van der Waals surface area contributed by atoms with Crippen molar-refractivity contribution in [2.75, 3.05) is 26.3 Å². The van der Waals surface area contributed by atoms with Gasteiger partial charge in [-0.05, 0) is 24.7 Å². The smallest absolute Gasteiger partial charge is 0.317 e. The molecule has 1 saturated carbocycles. The number of carbonyl (C=O) groups excluding carboxylic acids is 1. The van der Waals surface area contributed by atoms with Crippen LogP contribution in [-0.2, 0) is 9.53 Å². The lowest BCUT2D eigenvalue weighted by atomic mass is 10.0. The molecule has 1 saturated heterocycles. The van der Waals surface area contributed by atoms with E-state index in [0.717, 1.165) is 6.42 Å². The fourth-order valence-corrected chi connectivity index (χ4v) is 2.75. The summed E-state index contributed by atoms with van der Waals surface area (Å²) < 4.78 is 5.26. The first-order chi connectivity index (χ1) is 9.54. The fraction of sp³-hybridized carbons (Fsp3) is 0.857. The van der Waals surface area contributed by atoms with Crippen LogP contribution in [0.4, 0.5) is 4.79 Å². The van der Waals surface area contributed by atoms with Crippen molar-refractivity contribution in [1.29, 1.82) is 0 Å². The SMILES string of the molecule is CCCN(C(=O)NCC1CC1C)C1COCC1C(=O)O. The van der Waals surface area contributed by atoms with E-state index in [1.807, 2.05) is 6.92 Å². The van der Waals surface area contributed by atoms with E-state index in [1.165, 1.54) is 6.42 Å². The third-order valence-electron chi connectivity index (χ3n) is 4.29. The Labute approximate surface area is 119 Å². The van der Waals surface area contributed by atoms with Gasteiger partial charge in [-0.15, -0.1) is 0 Å². The van der Waals surface area contributed by atoms with Crippen molar-refractivity contribution in [1.82, 2.24) is 10.2 Å². The molecule has 2 N–H and O–H groups in total. The molecule has 0 radical (unpaired) electrons. The average molecular weight is 284 g/mol. The molecule has 0 bridgehead atoms. The molecule has 0 aromatic rings. The quantitative estimate of drug-likeness (QED) is 0.767. The molecule has 0 aromatic heterocycles. The summed E-state index contributed by atoms with van der Waals surface area (Å²) in [6, 6.07) is -0.517. The molecule has 4 atom stereocenters. The van der Waals surface area contributed by atoms with Crippen molar-refractivity contribution < 1.29 is 19.4 Å². The molecular formula is C14H24N2O4. The van der Waals surface area contributed by atoms with Crippen molar-refractivity contribution >= 4 is 12.0 Å². The summed E-state index contributed by atoms with van der Waals surface area (Å²) >= 11 is 0. The van der Waals surface area contributed by atoms with Crippen LogP contribution >= 0.6 is 0 Å². The summed E-state index contributed by atoms with van der Waals surface area (Å²) in [7, 11) is 0. The molecule has 0 spiro atoms. The van der Waals surface area contributed by atoms with Crippen LogP contribution in [0.15, 0.2) is 0 Å². The highest BCUT2D eigenvalue weighted by Gasteiger charge is 2.40. The Morgan fingerprint density at radius 1 is 1.40 bits per heavy atom. The van der Waals surface area contributed by atoms with Crippen LogP contribution < -0.4 is 5.32 Å². The maximum atomic E-state index is 12.3. The maximum absolute atomic E-state index is 12.3. The van der Waals surface area contributed by atoms with Crippen molar-refractivity contribution in [2.24, 2.45) is 17.8 Å². The number of urea groups is 1. The predicted octanol–water partition coefficient (Wildman–Crippen LogP) is 1.16. The third kappa shape index (κ3) is 3.42. The van der Waals surface area contributed by atoms with Gasteiger partial charge in [0, 0.05) is 13.1 Å². The maximum Gasteiger partial charge on any atom is 0.317 e. The van der Waals surface area contributed by atoms with Crippen LogP contribution in [0.1, 0.15) is 26.7 Å². The zero-order chi connectivity index (χ0) is 14.7. The van der Waals surface area contributed by atoms with Crippen LogP contribution in [-0.4, -0.2) is 54.4 Å². The zero-order valence-electron chi connectivity index (χ0n) is 12.2. The van der Waals surface area contributed by atoms with Gasteiger partial charge in [-0.25, -0.2) is 4.79 Å². The lowest BCUT2D eigenvalue weighted by Gasteiger charge is -2.30. The Morgan fingerprint density at radius 2 is 2.10 bits per heavy atom.